The Morgan fingerprint density at radius 1 is 1.19 bits per heavy atom. The van der Waals surface area contributed by atoms with Crippen LogP contribution in [0.4, 0.5) is 0 Å². The molecule has 0 aliphatic rings. The molecule has 0 spiro atoms. The van der Waals surface area contributed by atoms with E-state index >= 15 is 0 Å². The summed E-state index contributed by atoms with van der Waals surface area (Å²) in [4.78, 5) is 11.0. The zero-order valence-electron chi connectivity index (χ0n) is 13.1. The van der Waals surface area contributed by atoms with Crippen molar-refractivity contribution in [2.24, 2.45) is 0 Å². The number of hydrogen-bond acceptors (Lipinski definition) is 5. The van der Waals surface area contributed by atoms with Crippen LogP contribution in [0.3, 0.4) is 0 Å². The van der Waals surface area contributed by atoms with Crippen molar-refractivity contribution in [3.63, 3.8) is 0 Å². The molecule has 2 atom stereocenters. The topological polar surface area (TPSA) is 54.0 Å². The maximum Gasteiger partial charge on any atom is 0.302 e. The predicted octanol–water partition coefficient (Wildman–Crippen LogP) is 2.53. The molecule has 0 N–H and O–H groups in total. The Labute approximate surface area is 126 Å². The molecule has 0 amide bonds. The fraction of sp³-hybridized carbons (Fsp3) is 0.562. The first kappa shape index (κ1) is 17.6. The number of esters is 1. The molecule has 0 aromatic heterocycles. The van der Waals surface area contributed by atoms with Gasteiger partial charge in [0.1, 0.15) is 12.7 Å². The smallest absolute Gasteiger partial charge is 0.302 e. The number of carbonyl (C=O) groups excluding carboxylic acids is 1. The van der Waals surface area contributed by atoms with Crippen LogP contribution in [0, 0.1) is 0 Å². The molecule has 0 radical (unpaired) electrons. The van der Waals surface area contributed by atoms with E-state index in [9.17, 15) is 4.79 Å². The molecule has 0 saturated heterocycles. The Bertz CT molecular complexity index is 404. The normalized spacial score (nSPS) is 14.0. The van der Waals surface area contributed by atoms with Crippen molar-refractivity contribution in [3.05, 3.63) is 35.9 Å². The lowest BCUT2D eigenvalue weighted by Crippen LogP contribution is -2.39. The largest absolute Gasteiger partial charge is 0.463 e. The first-order valence-electron chi connectivity index (χ1n) is 7.00. The second-order valence-electron chi connectivity index (χ2n) is 4.93. The molecule has 0 bridgehead atoms. The lowest BCUT2D eigenvalue weighted by Gasteiger charge is -2.27. The Kier molecular flexibility index (Phi) is 7.97. The molecule has 2 unspecified atom stereocenters. The third-order valence-electron chi connectivity index (χ3n) is 2.70. The third kappa shape index (κ3) is 7.22. The van der Waals surface area contributed by atoms with Crippen LogP contribution in [0.2, 0.25) is 0 Å². The Morgan fingerprint density at radius 3 is 2.38 bits per heavy atom. The van der Waals surface area contributed by atoms with Gasteiger partial charge in [0.05, 0.1) is 12.7 Å². The van der Waals surface area contributed by atoms with E-state index in [4.69, 9.17) is 18.9 Å². The Morgan fingerprint density at radius 2 is 1.86 bits per heavy atom. The molecule has 1 rings (SSSR count). The number of methoxy groups -OCH3 is 1. The summed E-state index contributed by atoms with van der Waals surface area (Å²) in [5.74, 6) is -0.359. The minimum absolute atomic E-state index is 0.0184. The average Bonchev–Trinajstić information content (AvgIpc) is 2.46. The van der Waals surface area contributed by atoms with E-state index in [1.807, 2.05) is 44.2 Å². The summed E-state index contributed by atoms with van der Waals surface area (Å²) in [6.45, 7) is 5.67. The molecule has 0 heterocycles. The highest BCUT2D eigenvalue weighted by Gasteiger charge is 2.25. The van der Waals surface area contributed by atoms with Gasteiger partial charge in [0, 0.05) is 14.0 Å². The summed E-state index contributed by atoms with van der Waals surface area (Å²) in [5, 5.41) is 0. The lowest BCUT2D eigenvalue weighted by molar-refractivity contribution is -0.223. The summed E-state index contributed by atoms with van der Waals surface area (Å²) in [5.41, 5.74) is 1.03. The molecular weight excluding hydrogens is 272 g/mol. The maximum absolute atomic E-state index is 11.0. The summed E-state index contributed by atoms with van der Waals surface area (Å²) in [6, 6.07) is 9.76. The number of rotatable bonds is 9. The van der Waals surface area contributed by atoms with Crippen LogP contribution in [0.25, 0.3) is 0 Å². The summed E-state index contributed by atoms with van der Waals surface area (Å²) >= 11 is 0. The molecule has 5 heteroatoms. The van der Waals surface area contributed by atoms with Gasteiger partial charge in [-0.25, -0.2) is 0 Å². The lowest BCUT2D eigenvalue weighted by atomic mass is 10.2. The van der Waals surface area contributed by atoms with Crippen LogP contribution in [-0.2, 0) is 30.3 Å². The fourth-order valence-corrected chi connectivity index (χ4v) is 1.75. The highest BCUT2D eigenvalue weighted by atomic mass is 16.7. The monoisotopic (exact) mass is 296 g/mol. The van der Waals surface area contributed by atoms with E-state index < -0.39 is 12.4 Å². The van der Waals surface area contributed by atoms with Crippen molar-refractivity contribution in [2.45, 2.75) is 45.9 Å². The number of carbonyl (C=O) groups is 1. The van der Waals surface area contributed by atoms with E-state index in [-0.39, 0.29) is 18.7 Å². The SMILES string of the molecule is COC(OC(C)C)C(COC(C)=O)OCc1ccccc1. The molecule has 0 aliphatic carbocycles. The van der Waals surface area contributed by atoms with Gasteiger partial charge in [0.15, 0.2) is 6.29 Å². The molecule has 0 fully saturated rings. The minimum atomic E-state index is -0.590. The Balaban J connectivity index is 2.63. The van der Waals surface area contributed by atoms with Crippen LogP contribution in [0.15, 0.2) is 30.3 Å². The molecular formula is C16H24O5. The summed E-state index contributed by atoms with van der Waals surface area (Å²) in [7, 11) is 1.54. The van der Waals surface area contributed by atoms with Gasteiger partial charge < -0.3 is 18.9 Å². The summed E-state index contributed by atoms with van der Waals surface area (Å²) in [6.07, 6.45) is -1.09. The molecule has 1 aromatic carbocycles. The predicted molar refractivity (Wildman–Crippen MR) is 78.7 cm³/mol. The number of hydrogen-bond donors (Lipinski definition) is 0. The summed E-state index contributed by atoms with van der Waals surface area (Å²) < 4.78 is 21.8. The van der Waals surface area contributed by atoms with Gasteiger partial charge in [0.2, 0.25) is 0 Å². The molecule has 118 valence electrons. The Hall–Kier alpha value is -1.43. The second-order valence-corrected chi connectivity index (χ2v) is 4.93. The van der Waals surface area contributed by atoms with E-state index in [1.54, 1.807) is 7.11 Å². The van der Waals surface area contributed by atoms with Crippen LogP contribution in [0.1, 0.15) is 26.3 Å². The average molecular weight is 296 g/mol. The van der Waals surface area contributed by atoms with Crippen molar-refractivity contribution in [1.29, 1.82) is 0 Å². The molecule has 0 saturated carbocycles. The second kappa shape index (κ2) is 9.50. The van der Waals surface area contributed by atoms with Crippen molar-refractivity contribution < 1.29 is 23.7 Å². The van der Waals surface area contributed by atoms with E-state index in [0.29, 0.717) is 6.61 Å². The van der Waals surface area contributed by atoms with E-state index in [1.165, 1.54) is 6.92 Å². The highest BCUT2D eigenvalue weighted by Crippen LogP contribution is 2.12. The molecule has 21 heavy (non-hydrogen) atoms. The van der Waals surface area contributed by atoms with E-state index in [2.05, 4.69) is 0 Å². The van der Waals surface area contributed by atoms with Crippen molar-refractivity contribution >= 4 is 5.97 Å². The van der Waals surface area contributed by atoms with Crippen molar-refractivity contribution in [3.8, 4) is 0 Å². The van der Waals surface area contributed by atoms with Gasteiger partial charge in [-0.05, 0) is 19.4 Å². The molecule has 0 aliphatic heterocycles. The van der Waals surface area contributed by atoms with Gasteiger partial charge >= 0.3 is 5.97 Å². The number of ether oxygens (including phenoxy) is 4. The van der Waals surface area contributed by atoms with Gasteiger partial charge in [-0.1, -0.05) is 30.3 Å². The standard InChI is InChI=1S/C16H24O5/c1-12(2)21-16(18-4)15(11-19-13(3)17)20-10-14-8-6-5-7-9-14/h5-9,12,15-16H,10-11H2,1-4H3. The minimum Gasteiger partial charge on any atom is -0.463 e. The quantitative estimate of drug-likeness (QED) is 0.518. The van der Waals surface area contributed by atoms with Crippen LogP contribution >= 0.6 is 0 Å². The van der Waals surface area contributed by atoms with Crippen LogP contribution in [-0.4, -0.2) is 38.2 Å². The third-order valence-corrected chi connectivity index (χ3v) is 2.70. The zero-order chi connectivity index (χ0) is 15.7. The fourth-order valence-electron chi connectivity index (χ4n) is 1.75. The van der Waals surface area contributed by atoms with Crippen LogP contribution in [0.5, 0.6) is 0 Å². The number of benzene rings is 1. The van der Waals surface area contributed by atoms with Gasteiger partial charge in [-0.2, -0.15) is 0 Å². The molecule has 1 aromatic rings. The van der Waals surface area contributed by atoms with Crippen LogP contribution < -0.4 is 0 Å². The van der Waals surface area contributed by atoms with Gasteiger partial charge in [0.25, 0.3) is 0 Å². The first-order valence-corrected chi connectivity index (χ1v) is 7.00. The zero-order valence-corrected chi connectivity index (χ0v) is 13.1. The van der Waals surface area contributed by atoms with Crippen molar-refractivity contribution in [1.82, 2.24) is 0 Å². The first-order chi connectivity index (χ1) is 10.0. The van der Waals surface area contributed by atoms with Gasteiger partial charge in [-0.15, -0.1) is 0 Å². The van der Waals surface area contributed by atoms with Gasteiger partial charge in [-0.3, -0.25) is 4.79 Å². The van der Waals surface area contributed by atoms with Crippen molar-refractivity contribution in [2.75, 3.05) is 13.7 Å². The highest BCUT2D eigenvalue weighted by molar-refractivity contribution is 5.65. The van der Waals surface area contributed by atoms with E-state index in [0.717, 1.165) is 5.56 Å². The molecule has 5 nitrogen and oxygen atoms in total. The maximum atomic E-state index is 11.0.